The van der Waals surface area contributed by atoms with Crippen molar-refractivity contribution in [1.82, 2.24) is 0 Å². The van der Waals surface area contributed by atoms with Crippen molar-refractivity contribution in [1.29, 1.82) is 0 Å². The van der Waals surface area contributed by atoms with E-state index in [0.717, 1.165) is 23.0 Å². The number of ether oxygens (including phenoxy) is 4. The predicted octanol–water partition coefficient (Wildman–Crippen LogP) is 4.89. The molecule has 3 aromatic carbocycles. The maximum atomic E-state index is 11.8. The molecule has 0 spiro atoms. The van der Waals surface area contributed by atoms with E-state index in [1.54, 1.807) is 0 Å². The molecule has 0 N–H and O–H groups in total. The first kappa shape index (κ1) is 23.6. The van der Waals surface area contributed by atoms with E-state index in [1.807, 2.05) is 91.0 Å². The molecule has 0 saturated heterocycles. The minimum atomic E-state index is -0.919. The highest BCUT2D eigenvalue weighted by molar-refractivity contribution is 5.16. The Morgan fingerprint density at radius 2 is 1.24 bits per heavy atom. The molecule has 0 amide bonds. The van der Waals surface area contributed by atoms with E-state index in [4.69, 9.17) is 18.9 Å². The summed E-state index contributed by atoms with van der Waals surface area (Å²) in [4.78, 5) is 11.3. The van der Waals surface area contributed by atoms with Crippen molar-refractivity contribution in [2.45, 2.75) is 38.1 Å². The Morgan fingerprint density at radius 1 is 0.735 bits per heavy atom. The number of nitro groups is 1. The average molecular weight is 462 g/mol. The van der Waals surface area contributed by atoms with Gasteiger partial charge in [-0.15, -0.1) is 0 Å². The van der Waals surface area contributed by atoms with Gasteiger partial charge < -0.3 is 18.9 Å². The Kier molecular flexibility index (Phi) is 8.40. The van der Waals surface area contributed by atoms with Crippen LogP contribution in [0.2, 0.25) is 0 Å². The highest BCUT2D eigenvalue weighted by Crippen LogP contribution is 2.27. The van der Waals surface area contributed by atoms with Crippen LogP contribution in [0.5, 0.6) is 0 Å². The van der Waals surface area contributed by atoms with Gasteiger partial charge >= 0.3 is 5.70 Å². The SMILES string of the molecule is O=[N+]([O-])C1=COC(COCc2ccccc2)[C@H](OCc2ccccc2)[C@H]1OCc1ccccc1. The molecular weight excluding hydrogens is 434 g/mol. The van der Waals surface area contributed by atoms with Crippen LogP contribution in [0.1, 0.15) is 16.7 Å². The summed E-state index contributed by atoms with van der Waals surface area (Å²) in [6.45, 7) is 1.06. The van der Waals surface area contributed by atoms with Gasteiger partial charge in [0.15, 0.2) is 18.5 Å². The summed E-state index contributed by atoms with van der Waals surface area (Å²) in [6, 6.07) is 29.0. The van der Waals surface area contributed by atoms with Crippen molar-refractivity contribution < 1.29 is 23.9 Å². The Morgan fingerprint density at radius 3 is 1.76 bits per heavy atom. The molecule has 4 rings (SSSR count). The molecule has 0 radical (unpaired) electrons. The first-order valence-corrected chi connectivity index (χ1v) is 11.1. The molecule has 3 aromatic rings. The molecule has 0 aliphatic carbocycles. The highest BCUT2D eigenvalue weighted by atomic mass is 16.6. The first-order chi connectivity index (χ1) is 16.7. The summed E-state index contributed by atoms with van der Waals surface area (Å²) in [7, 11) is 0. The molecule has 0 fully saturated rings. The Hall–Kier alpha value is -3.52. The van der Waals surface area contributed by atoms with E-state index in [0.29, 0.717) is 6.61 Å². The number of rotatable bonds is 11. The van der Waals surface area contributed by atoms with Crippen LogP contribution in [0.3, 0.4) is 0 Å². The maximum Gasteiger partial charge on any atom is 0.311 e. The topological polar surface area (TPSA) is 80.1 Å². The van der Waals surface area contributed by atoms with Crippen molar-refractivity contribution in [3.63, 3.8) is 0 Å². The van der Waals surface area contributed by atoms with Gasteiger partial charge in [-0.1, -0.05) is 91.0 Å². The van der Waals surface area contributed by atoms with Gasteiger partial charge in [0, 0.05) is 0 Å². The van der Waals surface area contributed by atoms with Gasteiger partial charge in [-0.2, -0.15) is 0 Å². The molecule has 0 bridgehead atoms. The molecule has 7 heteroatoms. The van der Waals surface area contributed by atoms with E-state index in [-0.39, 0.29) is 25.5 Å². The van der Waals surface area contributed by atoms with Crippen molar-refractivity contribution >= 4 is 0 Å². The van der Waals surface area contributed by atoms with Gasteiger partial charge in [-0.3, -0.25) is 10.1 Å². The lowest BCUT2D eigenvalue weighted by atomic mass is 10.0. The van der Waals surface area contributed by atoms with E-state index in [2.05, 4.69) is 0 Å². The second kappa shape index (κ2) is 12.1. The van der Waals surface area contributed by atoms with Crippen molar-refractivity contribution in [3.8, 4) is 0 Å². The fourth-order valence-electron chi connectivity index (χ4n) is 3.71. The zero-order valence-electron chi connectivity index (χ0n) is 18.7. The fourth-order valence-corrected chi connectivity index (χ4v) is 3.71. The summed E-state index contributed by atoms with van der Waals surface area (Å²) >= 11 is 0. The van der Waals surface area contributed by atoms with Crippen LogP contribution in [0.4, 0.5) is 0 Å². The van der Waals surface area contributed by atoms with E-state index in [9.17, 15) is 10.1 Å². The maximum absolute atomic E-state index is 11.8. The smallest absolute Gasteiger partial charge is 0.311 e. The lowest BCUT2D eigenvalue weighted by molar-refractivity contribution is -0.447. The number of benzene rings is 3. The summed E-state index contributed by atoms with van der Waals surface area (Å²) in [6.07, 6.45) is -1.06. The van der Waals surface area contributed by atoms with Crippen LogP contribution in [0.15, 0.2) is 103 Å². The van der Waals surface area contributed by atoms with Gasteiger partial charge in [-0.25, -0.2) is 0 Å². The Bertz CT molecular complexity index is 1060. The Balaban J connectivity index is 1.50. The van der Waals surface area contributed by atoms with Crippen LogP contribution in [-0.2, 0) is 38.8 Å². The van der Waals surface area contributed by atoms with Gasteiger partial charge in [0.1, 0.15) is 6.10 Å². The summed E-state index contributed by atoms with van der Waals surface area (Å²) in [5.74, 6) is 0. The largest absolute Gasteiger partial charge is 0.486 e. The highest BCUT2D eigenvalue weighted by Gasteiger charge is 2.44. The fraction of sp³-hybridized carbons (Fsp3) is 0.259. The normalized spacial score (nSPS) is 19.8. The van der Waals surface area contributed by atoms with Gasteiger partial charge in [0.05, 0.1) is 31.4 Å². The lowest BCUT2D eigenvalue weighted by Gasteiger charge is -2.34. The summed E-state index contributed by atoms with van der Waals surface area (Å²) in [5.41, 5.74) is 2.72. The molecule has 3 atom stereocenters. The predicted molar refractivity (Wildman–Crippen MR) is 126 cm³/mol. The van der Waals surface area contributed by atoms with Gasteiger partial charge in [0.2, 0.25) is 0 Å². The van der Waals surface area contributed by atoms with Crippen LogP contribution in [0, 0.1) is 10.1 Å². The van der Waals surface area contributed by atoms with Crippen molar-refractivity contribution in [2.24, 2.45) is 0 Å². The number of hydrogen-bond acceptors (Lipinski definition) is 6. The Labute approximate surface area is 198 Å². The first-order valence-electron chi connectivity index (χ1n) is 11.1. The quantitative estimate of drug-likeness (QED) is 0.299. The lowest BCUT2D eigenvalue weighted by Crippen LogP contribution is -2.49. The van der Waals surface area contributed by atoms with Crippen molar-refractivity contribution in [2.75, 3.05) is 6.61 Å². The third-order valence-corrected chi connectivity index (χ3v) is 5.48. The zero-order chi connectivity index (χ0) is 23.6. The zero-order valence-corrected chi connectivity index (χ0v) is 18.7. The summed E-state index contributed by atoms with van der Waals surface area (Å²) < 4.78 is 23.9. The molecule has 7 nitrogen and oxygen atoms in total. The standard InChI is InChI=1S/C27H27NO6/c29-28(30)24-19-32-25(20-31-16-21-10-4-1-5-11-21)27(34-18-23-14-8-3-9-15-23)26(24)33-17-22-12-6-2-7-13-22/h1-15,19,25-27H,16-18,20H2/t25?,26-,27-/m0/s1. The molecule has 1 aliphatic heterocycles. The van der Waals surface area contributed by atoms with Crippen LogP contribution < -0.4 is 0 Å². The molecule has 1 heterocycles. The molecular formula is C27H27NO6. The minimum absolute atomic E-state index is 0.173. The van der Waals surface area contributed by atoms with E-state index >= 15 is 0 Å². The molecule has 0 saturated carbocycles. The molecule has 1 unspecified atom stereocenters. The van der Waals surface area contributed by atoms with Crippen LogP contribution >= 0.6 is 0 Å². The third-order valence-electron chi connectivity index (χ3n) is 5.48. The van der Waals surface area contributed by atoms with E-state index in [1.165, 1.54) is 0 Å². The van der Waals surface area contributed by atoms with E-state index < -0.39 is 23.2 Å². The monoisotopic (exact) mass is 461 g/mol. The third kappa shape index (κ3) is 6.51. The van der Waals surface area contributed by atoms with Gasteiger partial charge in [-0.05, 0) is 16.7 Å². The van der Waals surface area contributed by atoms with Crippen LogP contribution in [-0.4, -0.2) is 29.8 Å². The number of nitrogens with zero attached hydrogens (tertiary/aromatic N) is 1. The molecule has 1 aliphatic rings. The van der Waals surface area contributed by atoms with Crippen molar-refractivity contribution in [3.05, 3.63) is 130 Å². The summed E-state index contributed by atoms with van der Waals surface area (Å²) in [5, 5.41) is 11.8. The average Bonchev–Trinajstić information content (AvgIpc) is 2.88. The second-order valence-electron chi connectivity index (χ2n) is 7.95. The second-order valence-corrected chi connectivity index (χ2v) is 7.95. The molecule has 176 valence electrons. The van der Waals surface area contributed by atoms with Gasteiger partial charge in [0.25, 0.3) is 0 Å². The minimum Gasteiger partial charge on any atom is -0.486 e. The number of hydrogen-bond donors (Lipinski definition) is 0. The van der Waals surface area contributed by atoms with Crippen LogP contribution in [0.25, 0.3) is 0 Å². The molecule has 0 aromatic heterocycles. The molecule has 34 heavy (non-hydrogen) atoms.